The molecule has 1 heterocycles. The number of aromatic nitrogens is 3. The van der Waals surface area contributed by atoms with Crippen LogP contribution < -0.4 is 10.1 Å². The summed E-state index contributed by atoms with van der Waals surface area (Å²) < 4.78 is 7.66. The third kappa shape index (κ3) is 5.60. The highest BCUT2D eigenvalue weighted by Gasteiger charge is 2.15. The van der Waals surface area contributed by atoms with Gasteiger partial charge in [0.15, 0.2) is 5.16 Å². The van der Waals surface area contributed by atoms with Crippen molar-refractivity contribution in [3.8, 4) is 11.4 Å². The molecule has 7 heteroatoms. The van der Waals surface area contributed by atoms with E-state index in [1.807, 2.05) is 42.7 Å². The van der Waals surface area contributed by atoms with Crippen LogP contribution in [0, 0.1) is 27.7 Å². The highest BCUT2D eigenvalue weighted by molar-refractivity contribution is 7.99. The van der Waals surface area contributed by atoms with E-state index in [0.717, 1.165) is 28.4 Å². The fourth-order valence-electron chi connectivity index (χ4n) is 2.92. The van der Waals surface area contributed by atoms with Gasteiger partial charge in [-0.25, -0.2) is 0 Å². The van der Waals surface area contributed by atoms with Crippen molar-refractivity contribution >= 4 is 17.7 Å². The van der Waals surface area contributed by atoms with Gasteiger partial charge in [0.05, 0.1) is 18.0 Å². The molecule has 0 radical (unpaired) electrons. The number of carbonyl (C=O) groups excluding carboxylic acids is 1. The molecule has 2 aromatic carbocycles. The zero-order valence-electron chi connectivity index (χ0n) is 17.2. The molecule has 0 saturated heterocycles. The first-order valence-corrected chi connectivity index (χ1v) is 10.5. The number of ether oxygens (including phenoxy) is 1. The van der Waals surface area contributed by atoms with Crippen molar-refractivity contribution in [3.63, 3.8) is 0 Å². The van der Waals surface area contributed by atoms with Crippen LogP contribution in [0.4, 0.5) is 0 Å². The maximum absolute atomic E-state index is 12.2. The van der Waals surface area contributed by atoms with Gasteiger partial charge < -0.3 is 10.1 Å². The van der Waals surface area contributed by atoms with Gasteiger partial charge in [-0.3, -0.25) is 9.36 Å². The van der Waals surface area contributed by atoms with Crippen LogP contribution in [0.3, 0.4) is 0 Å². The summed E-state index contributed by atoms with van der Waals surface area (Å²) >= 11 is 1.38. The van der Waals surface area contributed by atoms with Crippen LogP contribution in [0.25, 0.3) is 5.69 Å². The summed E-state index contributed by atoms with van der Waals surface area (Å²) in [5.41, 5.74) is 4.49. The van der Waals surface area contributed by atoms with Gasteiger partial charge in [-0.2, -0.15) is 0 Å². The van der Waals surface area contributed by atoms with E-state index in [2.05, 4.69) is 47.6 Å². The Hall–Kier alpha value is -2.80. The van der Waals surface area contributed by atoms with Gasteiger partial charge in [-0.15, -0.1) is 10.2 Å². The summed E-state index contributed by atoms with van der Waals surface area (Å²) in [4.78, 5) is 12.2. The fourth-order valence-corrected chi connectivity index (χ4v) is 3.74. The van der Waals surface area contributed by atoms with E-state index < -0.39 is 0 Å². The number of carbonyl (C=O) groups is 1. The van der Waals surface area contributed by atoms with Crippen LogP contribution >= 0.6 is 11.8 Å². The second-order valence-corrected chi connectivity index (χ2v) is 7.90. The first-order chi connectivity index (χ1) is 13.9. The minimum absolute atomic E-state index is 0.0593. The SMILES string of the molecule is Cc1cccc(OCCNC(=O)CSc2nnc(C)n2-c2cc(C)ccc2C)c1. The van der Waals surface area contributed by atoms with E-state index in [-0.39, 0.29) is 11.7 Å². The Bertz CT molecular complexity index is 1000. The van der Waals surface area contributed by atoms with Crippen molar-refractivity contribution in [3.05, 3.63) is 65.0 Å². The summed E-state index contributed by atoms with van der Waals surface area (Å²) in [6, 6.07) is 14.1. The summed E-state index contributed by atoms with van der Waals surface area (Å²) in [6.45, 7) is 8.94. The first-order valence-electron chi connectivity index (χ1n) is 9.52. The second-order valence-electron chi connectivity index (χ2n) is 6.96. The van der Waals surface area contributed by atoms with Crippen LogP contribution in [-0.2, 0) is 4.79 Å². The molecule has 0 fully saturated rings. The van der Waals surface area contributed by atoms with Crippen LogP contribution in [0.5, 0.6) is 5.75 Å². The number of benzene rings is 2. The molecule has 0 saturated carbocycles. The normalized spacial score (nSPS) is 10.8. The lowest BCUT2D eigenvalue weighted by atomic mass is 10.1. The van der Waals surface area contributed by atoms with E-state index >= 15 is 0 Å². The van der Waals surface area contributed by atoms with Crippen molar-refractivity contribution in [1.29, 1.82) is 0 Å². The van der Waals surface area contributed by atoms with E-state index in [9.17, 15) is 4.79 Å². The largest absolute Gasteiger partial charge is 0.492 e. The highest BCUT2D eigenvalue weighted by atomic mass is 32.2. The molecule has 3 rings (SSSR count). The number of nitrogens with one attached hydrogen (secondary N) is 1. The van der Waals surface area contributed by atoms with Gasteiger partial charge in [0.2, 0.25) is 5.91 Å². The van der Waals surface area contributed by atoms with E-state index in [0.29, 0.717) is 18.3 Å². The van der Waals surface area contributed by atoms with Crippen LogP contribution in [0.2, 0.25) is 0 Å². The number of thioether (sulfide) groups is 1. The smallest absolute Gasteiger partial charge is 0.230 e. The average molecular weight is 411 g/mol. The standard InChI is InChI=1S/C22H26N4O2S/c1-15-6-5-7-19(12-15)28-11-10-23-21(27)14-29-22-25-24-18(4)26(22)20-13-16(2)8-9-17(20)3/h5-9,12-13H,10-11,14H2,1-4H3,(H,23,27). The molecular weight excluding hydrogens is 384 g/mol. The zero-order chi connectivity index (χ0) is 20.8. The minimum atomic E-state index is -0.0593. The zero-order valence-corrected chi connectivity index (χ0v) is 18.0. The average Bonchev–Trinajstić information content (AvgIpc) is 3.06. The Morgan fingerprint density at radius 2 is 1.86 bits per heavy atom. The molecule has 0 bridgehead atoms. The molecule has 1 aromatic heterocycles. The van der Waals surface area contributed by atoms with Crippen LogP contribution in [0.15, 0.2) is 47.6 Å². The lowest BCUT2D eigenvalue weighted by Crippen LogP contribution is -2.29. The summed E-state index contributed by atoms with van der Waals surface area (Å²) in [5.74, 6) is 1.82. The molecule has 0 aliphatic rings. The van der Waals surface area contributed by atoms with Gasteiger partial charge in [0, 0.05) is 0 Å². The van der Waals surface area contributed by atoms with Gasteiger partial charge in [-0.05, 0) is 62.6 Å². The van der Waals surface area contributed by atoms with Gasteiger partial charge in [0.1, 0.15) is 18.2 Å². The lowest BCUT2D eigenvalue weighted by molar-refractivity contribution is -0.118. The Morgan fingerprint density at radius 3 is 2.66 bits per heavy atom. The molecule has 0 aliphatic carbocycles. The Kier molecular flexibility index (Phi) is 6.93. The molecule has 152 valence electrons. The summed E-state index contributed by atoms with van der Waals surface area (Å²) in [7, 11) is 0. The molecule has 3 aromatic rings. The molecule has 0 spiro atoms. The minimum Gasteiger partial charge on any atom is -0.492 e. The van der Waals surface area contributed by atoms with Crippen molar-refractivity contribution in [1.82, 2.24) is 20.1 Å². The van der Waals surface area contributed by atoms with Crippen molar-refractivity contribution < 1.29 is 9.53 Å². The number of rotatable bonds is 8. The Morgan fingerprint density at radius 1 is 1.07 bits per heavy atom. The Balaban J connectivity index is 1.52. The maximum Gasteiger partial charge on any atom is 0.230 e. The number of aryl methyl sites for hydroxylation is 4. The number of nitrogens with zero attached hydrogens (tertiary/aromatic N) is 3. The van der Waals surface area contributed by atoms with Crippen LogP contribution in [-0.4, -0.2) is 39.6 Å². The van der Waals surface area contributed by atoms with E-state index in [4.69, 9.17) is 4.74 Å². The van der Waals surface area contributed by atoms with Crippen molar-refractivity contribution in [2.75, 3.05) is 18.9 Å². The van der Waals surface area contributed by atoms with E-state index in [1.54, 1.807) is 0 Å². The molecule has 6 nitrogen and oxygen atoms in total. The molecule has 29 heavy (non-hydrogen) atoms. The quantitative estimate of drug-likeness (QED) is 0.452. The number of hydrogen-bond acceptors (Lipinski definition) is 5. The highest BCUT2D eigenvalue weighted by Crippen LogP contribution is 2.24. The van der Waals surface area contributed by atoms with Gasteiger partial charge in [-0.1, -0.05) is 36.0 Å². The predicted octanol–water partition coefficient (Wildman–Crippen LogP) is 3.79. The number of hydrogen-bond donors (Lipinski definition) is 1. The number of amides is 1. The monoisotopic (exact) mass is 410 g/mol. The van der Waals surface area contributed by atoms with Gasteiger partial charge in [0.25, 0.3) is 0 Å². The third-order valence-electron chi connectivity index (χ3n) is 4.42. The maximum atomic E-state index is 12.2. The third-order valence-corrected chi connectivity index (χ3v) is 5.34. The summed E-state index contributed by atoms with van der Waals surface area (Å²) in [6.07, 6.45) is 0. The van der Waals surface area contributed by atoms with Crippen molar-refractivity contribution in [2.45, 2.75) is 32.9 Å². The molecule has 0 atom stereocenters. The Labute approximate surface area is 175 Å². The van der Waals surface area contributed by atoms with Crippen molar-refractivity contribution in [2.24, 2.45) is 0 Å². The fraction of sp³-hybridized carbons (Fsp3) is 0.318. The molecule has 1 N–H and O–H groups in total. The first kappa shape index (κ1) is 20.9. The second kappa shape index (κ2) is 9.60. The van der Waals surface area contributed by atoms with Gasteiger partial charge >= 0.3 is 0 Å². The molecule has 0 unspecified atom stereocenters. The molecular formula is C22H26N4O2S. The molecule has 1 amide bonds. The van der Waals surface area contributed by atoms with E-state index in [1.165, 1.54) is 17.3 Å². The topological polar surface area (TPSA) is 69.0 Å². The lowest BCUT2D eigenvalue weighted by Gasteiger charge is -2.12. The summed E-state index contributed by atoms with van der Waals surface area (Å²) in [5, 5.41) is 12.0. The molecule has 0 aliphatic heterocycles. The predicted molar refractivity (Wildman–Crippen MR) is 116 cm³/mol. The van der Waals surface area contributed by atoms with Crippen LogP contribution in [0.1, 0.15) is 22.5 Å².